The first kappa shape index (κ1) is 15.1. The molecule has 0 N–H and O–H groups in total. The number of nitrogens with zero attached hydrogens (tertiary/aromatic N) is 1. The monoisotopic (exact) mass is 262 g/mol. The third-order valence-corrected chi connectivity index (χ3v) is 6.65. The van der Waals surface area contributed by atoms with E-state index in [0.717, 1.165) is 10.7 Å². The van der Waals surface area contributed by atoms with Gasteiger partial charge >= 0.3 is 8.80 Å². The highest BCUT2D eigenvalue weighted by Crippen LogP contribution is 2.22. The average Bonchev–Trinajstić information content (AvgIpc) is 2.65. The molecule has 0 aromatic heterocycles. The van der Waals surface area contributed by atoms with Crippen molar-refractivity contribution in [1.29, 1.82) is 0 Å². The molecule has 4 nitrogen and oxygen atoms in total. The maximum Gasteiger partial charge on any atom is 0.559 e. The van der Waals surface area contributed by atoms with E-state index in [-0.39, 0.29) is 0 Å². The summed E-state index contributed by atoms with van der Waals surface area (Å²) >= 11 is 0. The molecule has 0 atom stereocenters. The summed E-state index contributed by atoms with van der Waals surface area (Å²) in [5, 5.41) is 0. The number of hydrogen-bond donors (Lipinski definition) is 0. The normalized spacial score (nSPS) is 19.8. The van der Waals surface area contributed by atoms with Gasteiger partial charge in [0, 0.05) is 32.7 Å². The van der Waals surface area contributed by atoms with Crippen molar-refractivity contribution in [3.05, 3.63) is 0 Å². The van der Waals surface area contributed by atoms with Crippen LogP contribution < -0.4 is 0 Å². The first-order valence-electron chi connectivity index (χ1n) is 6.85. The van der Waals surface area contributed by atoms with Gasteiger partial charge in [0.2, 0.25) is 0 Å². The minimum atomic E-state index is -2.46. The molecule has 0 radical (unpaired) electrons. The van der Waals surface area contributed by atoms with Crippen LogP contribution in [0.5, 0.6) is 0 Å². The lowest BCUT2D eigenvalue weighted by atomic mass is 10.4. The van der Waals surface area contributed by atoms with Gasteiger partial charge in [-0.05, 0) is 20.8 Å². The summed E-state index contributed by atoms with van der Waals surface area (Å²) in [5.74, 6) is 0. The molecule has 102 valence electrons. The molecule has 1 rings (SSSR count). The third-order valence-electron chi connectivity index (χ3n) is 3.31. The van der Waals surface area contributed by atoms with E-state index in [1.807, 2.05) is 20.8 Å². The SMILES string of the molecule is CCO[Si](C[N+]1(C)CCCC1)(OCC)OCC. The van der Waals surface area contributed by atoms with Gasteiger partial charge in [-0.3, -0.25) is 0 Å². The van der Waals surface area contributed by atoms with Crippen molar-refractivity contribution in [2.24, 2.45) is 0 Å². The first-order valence-corrected chi connectivity index (χ1v) is 8.78. The Labute approximate surface area is 107 Å². The molecule has 0 amide bonds. The zero-order valence-corrected chi connectivity index (χ0v) is 12.8. The molecule has 1 aliphatic rings. The van der Waals surface area contributed by atoms with Crippen LogP contribution in [0, 0.1) is 0 Å². The Bertz CT molecular complexity index is 203. The number of hydrogen-bond acceptors (Lipinski definition) is 3. The van der Waals surface area contributed by atoms with Gasteiger partial charge in [0.05, 0.1) is 20.1 Å². The molecule has 1 heterocycles. The Morgan fingerprint density at radius 2 is 1.29 bits per heavy atom. The van der Waals surface area contributed by atoms with Gasteiger partial charge in [0.25, 0.3) is 0 Å². The standard InChI is InChI=1S/C12H28NO3Si/c1-5-14-17(15-6-2,16-7-3)12-13(4)10-8-9-11-13/h5-12H2,1-4H3/q+1. The van der Waals surface area contributed by atoms with Gasteiger partial charge < -0.3 is 17.8 Å². The predicted molar refractivity (Wildman–Crippen MR) is 70.7 cm³/mol. The molecule has 17 heavy (non-hydrogen) atoms. The molecule has 5 heteroatoms. The Kier molecular flexibility index (Phi) is 6.09. The van der Waals surface area contributed by atoms with E-state index in [0.29, 0.717) is 19.8 Å². The molecular weight excluding hydrogens is 234 g/mol. The third kappa shape index (κ3) is 4.33. The van der Waals surface area contributed by atoms with Crippen LogP contribution >= 0.6 is 0 Å². The molecular formula is C12H28NO3Si+. The highest BCUT2D eigenvalue weighted by molar-refractivity contribution is 6.60. The molecule has 1 aliphatic heterocycles. The maximum absolute atomic E-state index is 5.92. The van der Waals surface area contributed by atoms with E-state index in [1.165, 1.54) is 25.9 Å². The number of rotatable bonds is 8. The number of likely N-dealkylation sites (tertiary alicyclic amines) is 1. The lowest BCUT2D eigenvalue weighted by Gasteiger charge is -2.37. The summed E-state index contributed by atoms with van der Waals surface area (Å²) in [6.07, 6.45) is 3.54. The van der Waals surface area contributed by atoms with E-state index in [4.69, 9.17) is 13.3 Å². The minimum Gasteiger partial charge on any atom is -0.370 e. The quantitative estimate of drug-likeness (QED) is 0.493. The summed E-state index contributed by atoms with van der Waals surface area (Å²) in [7, 11) is -0.163. The summed E-state index contributed by atoms with van der Waals surface area (Å²) in [5.41, 5.74) is 0. The van der Waals surface area contributed by atoms with Crippen LogP contribution in [0.15, 0.2) is 0 Å². The van der Waals surface area contributed by atoms with Gasteiger partial charge in [-0.15, -0.1) is 0 Å². The molecule has 0 saturated carbocycles. The van der Waals surface area contributed by atoms with Gasteiger partial charge in [0.15, 0.2) is 0 Å². The summed E-state index contributed by atoms with van der Waals surface area (Å²) in [6.45, 7) is 10.5. The van der Waals surface area contributed by atoms with E-state index >= 15 is 0 Å². The molecule has 0 aromatic carbocycles. The number of quaternary nitrogens is 1. The van der Waals surface area contributed by atoms with E-state index in [2.05, 4.69) is 7.05 Å². The average molecular weight is 262 g/mol. The van der Waals surface area contributed by atoms with E-state index < -0.39 is 8.80 Å². The highest BCUT2D eigenvalue weighted by atomic mass is 28.4. The lowest BCUT2D eigenvalue weighted by molar-refractivity contribution is -0.890. The molecule has 0 spiro atoms. The molecule has 0 bridgehead atoms. The fraction of sp³-hybridized carbons (Fsp3) is 1.00. The Morgan fingerprint density at radius 3 is 1.65 bits per heavy atom. The van der Waals surface area contributed by atoms with Gasteiger partial charge in [-0.2, -0.15) is 0 Å². The van der Waals surface area contributed by atoms with Crippen LogP contribution in [0.3, 0.4) is 0 Å². The summed E-state index contributed by atoms with van der Waals surface area (Å²) < 4.78 is 18.8. The summed E-state index contributed by atoms with van der Waals surface area (Å²) in [4.78, 5) is 0. The minimum absolute atomic E-state index is 0.673. The Hall–Kier alpha value is 0.0569. The maximum atomic E-state index is 5.92. The van der Waals surface area contributed by atoms with Crippen molar-refractivity contribution in [1.82, 2.24) is 0 Å². The molecule has 1 fully saturated rings. The second-order valence-electron chi connectivity index (χ2n) is 4.91. The van der Waals surface area contributed by atoms with Crippen LogP contribution in [-0.4, -0.2) is 59.4 Å². The fourth-order valence-corrected chi connectivity index (χ4v) is 5.74. The van der Waals surface area contributed by atoms with Crippen molar-refractivity contribution < 1.29 is 17.8 Å². The molecule has 0 aromatic rings. The molecule has 0 unspecified atom stereocenters. The van der Waals surface area contributed by atoms with Crippen LogP contribution in [-0.2, 0) is 13.3 Å². The van der Waals surface area contributed by atoms with Crippen LogP contribution in [0.2, 0.25) is 0 Å². The zero-order valence-electron chi connectivity index (χ0n) is 11.8. The van der Waals surface area contributed by atoms with Gasteiger partial charge in [0.1, 0.15) is 6.17 Å². The first-order chi connectivity index (χ1) is 8.10. The topological polar surface area (TPSA) is 27.7 Å². The zero-order chi connectivity index (χ0) is 12.8. The molecule has 0 aliphatic carbocycles. The van der Waals surface area contributed by atoms with Gasteiger partial charge in [-0.25, -0.2) is 0 Å². The van der Waals surface area contributed by atoms with Crippen LogP contribution in [0.25, 0.3) is 0 Å². The van der Waals surface area contributed by atoms with Crippen LogP contribution in [0.4, 0.5) is 0 Å². The Balaban J connectivity index is 2.71. The van der Waals surface area contributed by atoms with E-state index in [1.54, 1.807) is 0 Å². The highest BCUT2D eigenvalue weighted by Gasteiger charge is 2.49. The van der Waals surface area contributed by atoms with Crippen molar-refractivity contribution in [3.63, 3.8) is 0 Å². The van der Waals surface area contributed by atoms with Crippen molar-refractivity contribution in [2.75, 3.05) is 46.1 Å². The van der Waals surface area contributed by atoms with Crippen molar-refractivity contribution >= 4 is 8.80 Å². The predicted octanol–water partition coefficient (Wildman–Crippen LogP) is 1.81. The van der Waals surface area contributed by atoms with Crippen molar-refractivity contribution in [3.8, 4) is 0 Å². The van der Waals surface area contributed by atoms with Crippen LogP contribution in [0.1, 0.15) is 33.6 Å². The van der Waals surface area contributed by atoms with Gasteiger partial charge in [-0.1, -0.05) is 0 Å². The lowest BCUT2D eigenvalue weighted by Crippen LogP contribution is -2.61. The fourth-order valence-electron chi connectivity index (χ4n) is 2.65. The Morgan fingerprint density at radius 1 is 0.882 bits per heavy atom. The van der Waals surface area contributed by atoms with Crippen molar-refractivity contribution in [2.45, 2.75) is 33.6 Å². The largest absolute Gasteiger partial charge is 0.559 e. The van der Waals surface area contributed by atoms with E-state index in [9.17, 15) is 0 Å². The second-order valence-corrected chi connectivity index (χ2v) is 7.46. The summed E-state index contributed by atoms with van der Waals surface area (Å²) in [6, 6.07) is 0. The smallest absolute Gasteiger partial charge is 0.370 e. The second kappa shape index (κ2) is 6.85. The molecule has 1 saturated heterocycles.